The molecule has 0 aromatic heterocycles. The van der Waals surface area contributed by atoms with Gasteiger partial charge in [-0.1, -0.05) is 67.3 Å². The number of allylic oxidation sites excluding steroid dienone is 1. The van der Waals surface area contributed by atoms with Gasteiger partial charge in [-0.15, -0.1) is 0 Å². The first-order chi connectivity index (χ1) is 15.7. The van der Waals surface area contributed by atoms with Crippen LogP contribution in [0.15, 0.2) is 72.8 Å². The highest BCUT2D eigenvalue weighted by Crippen LogP contribution is 2.35. The lowest BCUT2D eigenvalue weighted by Crippen LogP contribution is -2.18. The van der Waals surface area contributed by atoms with Gasteiger partial charge in [-0.3, -0.25) is 4.90 Å². The minimum Gasteiger partial charge on any atom is -0.508 e. The molecule has 0 spiro atoms. The predicted molar refractivity (Wildman–Crippen MR) is 130 cm³/mol. The molecule has 1 fully saturated rings. The largest absolute Gasteiger partial charge is 0.508 e. The van der Waals surface area contributed by atoms with E-state index in [1.54, 1.807) is 24.3 Å². The van der Waals surface area contributed by atoms with Crippen LogP contribution in [0.3, 0.4) is 0 Å². The predicted octanol–water partition coefficient (Wildman–Crippen LogP) is 6.35. The lowest BCUT2D eigenvalue weighted by molar-refractivity contribution is 0.383. The zero-order chi connectivity index (χ0) is 22.3. The molecule has 1 aliphatic heterocycles. The fourth-order valence-electron chi connectivity index (χ4n) is 4.27. The maximum absolute atomic E-state index is 15.1. The molecule has 1 heterocycles. The molecule has 32 heavy (non-hydrogen) atoms. The van der Waals surface area contributed by atoms with E-state index >= 15 is 4.39 Å². The second-order valence-corrected chi connectivity index (χ2v) is 8.10. The number of phenolic OH excluding ortho intramolecular Hbond substituents is 1. The highest BCUT2D eigenvalue weighted by atomic mass is 19.1. The molecule has 0 bridgehead atoms. The Labute approximate surface area is 190 Å². The fourth-order valence-corrected chi connectivity index (χ4v) is 4.27. The van der Waals surface area contributed by atoms with Crippen molar-refractivity contribution < 1.29 is 9.50 Å². The quantitative estimate of drug-likeness (QED) is 0.380. The molecular weight excluding hydrogens is 397 g/mol. The van der Waals surface area contributed by atoms with Crippen molar-refractivity contribution in [1.82, 2.24) is 4.90 Å². The maximum Gasteiger partial charge on any atom is 0.139 e. The molecule has 1 saturated heterocycles. The van der Waals surface area contributed by atoms with E-state index in [0.717, 1.165) is 47.3 Å². The van der Waals surface area contributed by atoms with Gasteiger partial charge in [-0.2, -0.15) is 0 Å². The number of likely N-dealkylation sites (tertiary alicyclic amines) is 1. The van der Waals surface area contributed by atoms with E-state index in [4.69, 9.17) is 0 Å². The maximum atomic E-state index is 15.1. The van der Waals surface area contributed by atoms with E-state index < -0.39 is 0 Å². The van der Waals surface area contributed by atoms with Crippen molar-refractivity contribution in [2.75, 3.05) is 19.6 Å². The summed E-state index contributed by atoms with van der Waals surface area (Å²) in [4.78, 5) is 2.30. The summed E-state index contributed by atoms with van der Waals surface area (Å²) in [5, 5.41) is 9.77. The zero-order valence-electron chi connectivity index (χ0n) is 18.4. The topological polar surface area (TPSA) is 23.5 Å². The van der Waals surface area contributed by atoms with Crippen LogP contribution in [0.4, 0.5) is 4.39 Å². The van der Waals surface area contributed by atoms with Gasteiger partial charge in [0.2, 0.25) is 0 Å². The molecule has 0 unspecified atom stereocenters. The highest BCUT2D eigenvalue weighted by Gasteiger charge is 2.15. The van der Waals surface area contributed by atoms with Gasteiger partial charge >= 0.3 is 0 Å². The molecule has 1 aliphatic rings. The van der Waals surface area contributed by atoms with Crippen LogP contribution in [-0.2, 0) is 0 Å². The summed E-state index contributed by atoms with van der Waals surface area (Å²) in [5.74, 6) is 6.04. The summed E-state index contributed by atoms with van der Waals surface area (Å²) < 4.78 is 15.1. The van der Waals surface area contributed by atoms with Crippen molar-refractivity contribution in [1.29, 1.82) is 0 Å². The van der Waals surface area contributed by atoms with E-state index in [1.165, 1.54) is 12.8 Å². The van der Waals surface area contributed by atoms with Crippen LogP contribution in [0.2, 0.25) is 0 Å². The fraction of sp³-hybridized carbons (Fsp3) is 0.241. The van der Waals surface area contributed by atoms with E-state index in [9.17, 15) is 5.11 Å². The summed E-state index contributed by atoms with van der Waals surface area (Å²) >= 11 is 0. The number of halogens is 1. The third-order valence-electron chi connectivity index (χ3n) is 5.92. The van der Waals surface area contributed by atoms with Crippen LogP contribution in [0.5, 0.6) is 5.75 Å². The number of rotatable bonds is 5. The smallest absolute Gasteiger partial charge is 0.139 e. The molecule has 4 rings (SSSR count). The average molecular weight is 426 g/mol. The standard InChI is InChI=1S/C29H28FNO/c1-2-27(22-9-4-3-5-10-22)29(24-14-16-26(32)17-15-24)25-13-12-23(28(30)21-25)11-8-20-31-18-6-7-19-31/h3-5,9-10,12-17,21,32H,2,6-7,18-20H2,1H3/b29-27-. The van der Waals surface area contributed by atoms with Crippen molar-refractivity contribution in [2.45, 2.75) is 26.2 Å². The monoisotopic (exact) mass is 425 g/mol. The number of benzene rings is 3. The van der Waals surface area contributed by atoms with Crippen molar-refractivity contribution in [3.05, 3.63) is 101 Å². The number of phenols is 1. The van der Waals surface area contributed by atoms with E-state index in [1.807, 2.05) is 36.4 Å². The van der Waals surface area contributed by atoms with Gasteiger partial charge in [0.25, 0.3) is 0 Å². The van der Waals surface area contributed by atoms with Crippen LogP contribution in [-0.4, -0.2) is 29.6 Å². The van der Waals surface area contributed by atoms with Crippen molar-refractivity contribution in [3.63, 3.8) is 0 Å². The van der Waals surface area contributed by atoms with Gasteiger partial charge in [0.1, 0.15) is 11.6 Å². The third-order valence-corrected chi connectivity index (χ3v) is 5.92. The molecule has 162 valence electrons. The Kier molecular flexibility index (Phi) is 7.04. The minimum atomic E-state index is -0.309. The number of nitrogens with zero attached hydrogens (tertiary/aromatic N) is 1. The summed E-state index contributed by atoms with van der Waals surface area (Å²) in [7, 11) is 0. The SMILES string of the molecule is CC/C(=C(\c1ccc(O)cc1)c1ccc(C#CCN2CCCC2)c(F)c1)c1ccccc1. The number of hydrogen-bond donors (Lipinski definition) is 1. The zero-order valence-corrected chi connectivity index (χ0v) is 18.4. The molecule has 0 aliphatic carbocycles. The Morgan fingerprint density at radius 3 is 2.25 bits per heavy atom. The van der Waals surface area contributed by atoms with Gasteiger partial charge in [0.15, 0.2) is 0 Å². The summed E-state index contributed by atoms with van der Waals surface area (Å²) in [6.45, 7) is 4.96. The molecular formula is C29H28FNO. The highest BCUT2D eigenvalue weighted by molar-refractivity contribution is 5.98. The van der Waals surface area contributed by atoms with E-state index in [2.05, 4.69) is 35.8 Å². The van der Waals surface area contributed by atoms with E-state index in [0.29, 0.717) is 12.1 Å². The molecule has 1 N–H and O–H groups in total. The molecule has 3 aromatic carbocycles. The van der Waals surface area contributed by atoms with Crippen molar-refractivity contribution >= 4 is 11.1 Å². The normalized spacial score (nSPS) is 14.6. The Morgan fingerprint density at radius 2 is 1.59 bits per heavy atom. The molecule has 0 radical (unpaired) electrons. The molecule has 0 amide bonds. The van der Waals surface area contributed by atoms with Crippen LogP contribution < -0.4 is 0 Å². The molecule has 3 aromatic rings. The average Bonchev–Trinajstić information content (AvgIpc) is 3.33. The first kappa shape index (κ1) is 21.9. The van der Waals surface area contributed by atoms with Crippen molar-refractivity contribution in [3.8, 4) is 17.6 Å². The minimum absolute atomic E-state index is 0.209. The Balaban J connectivity index is 1.74. The Bertz CT molecular complexity index is 1150. The first-order valence-corrected chi connectivity index (χ1v) is 11.2. The summed E-state index contributed by atoms with van der Waals surface area (Å²) in [5.41, 5.74) is 5.37. The third kappa shape index (κ3) is 5.10. The van der Waals surface area contributed by atoms with Crippen molar-refractivity contribution in [2.24, 2.45) is 0 Å². The number of aromatic hydroxyl groups is 1. The van der Waals surface area contributed by atoms with Crippen LogP contribution >= 0.6 is 0 Å². The lowest BCUT2D eigenvalue weighted by Gasteiger charge is -2.17. The molecule has 0 atom stereocenters. The molecule has 2 nitrogen and oxygen atoms in total. The number of hydrogen-bond acceptors (Lipinski definition) is 2. The second-order valence-electron chi connectivity index (χ2n) is 8.10. The van der Waals surface area contributed by atoms with Gasteiger partial charge in [0, 0.05) is 0 Å². The Hall–Kier alpha value is -3.35. The molecule has 3 heteroatoms. The van der Waals surface area contributed by atoms with Crippen LogP contribution in [0.1, 0.15) is 48.4 Å². The Morgan fingerprint density at radius 1 is 0.906 bits per heavy atom. The van der Waals surface area contributed by atoms with Gasteiger partial charge < -0.3 is 5.11 Å². The van der Waals surface area contributed by atoms with Gasteiger partial charge in [-0.25, -0.2) is 4.39 Å². The molecule has 0 saturated carbocycles. The van der Waals surface area contributed by atoms with Gasteiger partial charge in [-0.05, 0) is 84.5 Å². The van der Waals surface area contributed by atoms with E-state index in [-0.39, 0.29) is 11.6 Å². The van der Waals surface area contributed by atoms with Crippen LogP contribution in [0, 0.1) is 17.7 Å². The summed E-state index contributed by atoms with van der Waals surface area (Å²) in [6, 6.07) is 22.6. The van der Waals surface area contributed by atoms with Crippen LogP contribution in [0.25, 0.3) is 11.1 Å². The first-order valence-electron chi connectivity index (χ1n) is 11.2. The summed E-state index contributed by atoms with van der Waals surface area (Å²) in [6.07, 6.45) is 3.23. The van der Waals surface area contributed by atoms with Gasteiger partial charge in [0.05, 0.1) is 12.1 Å². The lowest BCUT2D eigenvalue weighted by atomic mass is 9.88. The second kappa shape index (κ2) is 10.3.